The van der Waals surface area contributed by atoms with Crippen molar-refractivity contribution in [2.75, 3.05) is 4.90 Å². The lowest BCUT2D eigenvalue weighted by atomic mass is 9.91. The van der Waals surface area contributed by atoms with Crippen LogP contribution < -0.4 is 15.8 Å². The third kappa shape index (κ3) is 2.19. The smallest absolute Gasteiger partial charge is 0.250 e. The summed E-state index contributed by atoms with van der Waals surface area (Å²) in [7, 11) is 0. The Kier molecular flexibility index (Phi) is 3.43. The van der Waals surface area contributed by atoms with Gasteiger partial charge in [-0.3, -0.25) is 9.59 Å². The van der Waals surface area contributed by atoms with Crippen LogP contribution in [0.1, 0.15) is 29.2 Å². The fourth-order valence-corrected chi connectivity index (χ4v) is 4.00. The van der Waals surface area contributed by atoms with E-state index < -0.39 is 0 Å². The highest BCUT2D eigenvalue weighted by Gasteiger charge is 2.35. The average Bonchev–Trinajstić information content (AvgIpc) is 2.91. The molecule has 1 aliphatic heterocycles. The molecule has 0 aliphatic carbocycles. The van der Waals surface area contributed by atoms with E-state index in [9.17, 15) is 9.59 Å². The minimum Gasteiger partial charge on any atom is -0.334 e. The fourth-order valence-electron chi connectivity index (χ4n) is 4.00. The van der Waals surface area contributed by atoms with Crippen molar-refractivity contribution in [3.8, 4) is 11.1 Å². The molecule has 0 N–H and O–H groups in total. The van der Waals surface area contributed by atoms with Gasteiger partial charge < -0.3 is 4.90 Å². The van der Waals surface area contributed by atoms with Crippen LogP contribution in [-0.4, -0.2) is 6.04 Å². The molecule has 3 heteroatoms. The summed E-state index contributed by atoms with van der Waals surface area (Å²) in [6, 6.07) is 12.4. The van der Waals surface area contributed by atoms with Gasteiger partial charge in [-0.2, -0.15) is 0 Å². The number of hydrogen-bond acceptors (Lipinski definition) is 3. The molecular formula is C22H21NO2. The zero-order valence-electron chi connectivity index (χ0n) is 15.0. The Morgan fingerprint density at radius 3 is 2.36 bits per heavy atom. The average molecular weight is 331 g/mol. The summed E-state index contributed by atoms with van der Waals surface area (Å²) in [4.78, 5) is 27.0. The van der Waals surface area contributed by atoms with E-state index in [1.54, 1.807) is 0 Å². The molecule has 25 heavy (non-hydrogen) atoms. The normalized spacial score (nSPS) is 16.5. The molecule has 126 valence electrons. The molecule has 0 spiro atoms. The van der Waals surface area contributed by atoms with Gasteiger partial charge in [-0.1, -0.05) is 30.3 Å². The Labute approximate surface area is 147 Å². The van der Waals surface area contributed by atoms with Crippen LogP contribution in [0, 0.1) is 20.8 Å². The number of rotatable bonds is 2. The molecule has 3 aromatic carbocycles. The molecule has 0 radical (unpaired) electrons. The second kappa shape index (κ2) is 5.41. The number of nitrogens with zero attached hydrogens (tertiary/aromatic N) is 1. The van der Waals surface area contributed by atoms with E-state index in [-0.39, 0.29) is 16.9 Å². The summed E-state index contributed by atoms with van der Waals surface area (Å²) < 4.78 is 0. The maximum Gasteiger partial charge on any atom is 0.250 e. The van der Waals surface area contributed by atoms with Gasteiger partial charge >= 0.3 is 0 Å². The molecule has 3 aromatic rings. The second-order valence-electron chi connectivity index (χ2n) is 7.19. The van der Waals surface area contributed by atoms with Crippen molar-refractivity contribution in [2.24, 2.45) is 0 Å². The fraction of sp³-hybridized carbons (Fsp3) is 0.273. The first kappa shape index (κ1) is 15.8. The van der Waals surface area contributed by atoms with Crippen LogP contribution in [0.3, 0.4) is 0 Å². The maximum absolute atomic E-state index is 12.5. The van der Waals surface area contributed by atoms with E-state index in [2.05, 4.69) is 30.9 Å². The van der Waals surface area contributed by atoms with Crippen LogP contribution >= 0.6 is 0 Å². The lowest BCUT2D eigenvalue weighted by Crippen LogP contribution is -2.42. The molecule has 3 nitrogen and oxygen atoms in total. The minimum atomic E-state index is -0.365. The van der Waals surface area contributed by atoms with Gasteiger partial charge in [-0.05, 0) is 68.0 Å². The predicted molar refractivity (Wildman–Crippen MR) is 103 cm³/mol. The molecule has 0 amide bonds. The Hall–Kier alpha value is -2.68. The number of fused-ring (bicyclic) bond motifs is 1. The first-order valence-corrected chi connectivity index (χ1v) is 8.68. The first-order chi connectivity index (χ1) is 11.9. The van der Waals surface area contributed by atoms with Gasteiger partial charge in [0.1, 0.15) is 5.69 Å². The van der Waals surface area contributed by atoms with Gasteiger partial charge in [0, 0.05) is 11.7 Å². The molecule has 0 saturated heterocycles. The number of para-hydroxylation sites is 1. The topological polar surface area (TPSA) is 37.4 Å². The Morgan fingerprint density at radius 1 is 0.920 bits per heavy atom. The maximum atomic E-state index is 12.5. The Morgan fingerprint density at radius 2 is 1.60 bits per heavy atom. The van der Waals surface area contributed by atoms with E-state index in [0.29, 0.717) is 11.3 Å². The molecule has 1 unspecified atom stereocenters. The zero-order chi connectivity index (χ0) is 17.9. The van der Waals surface area contributed by atoms with Crippen molar-refractivity contribution < 1.29 is 0 Å². The molecule has 0 bridgehead atoms. The van der Waals surface area contributed by atoms with Crippen LogP contribution in [0.2, 0.25) is 0 Å². The van der Waals surface area contributed by atoms with Crippen LogP contribution in [0.25, 0.3) is 11.1 Å². The van der Waals surface area contributed by atoms with E-state index in [0.717, 1.165) is 28.8 Å². The van der Waals surface area contributed by atoms with Crippen LogP contribution in [0.5, 0.6) is 0 Å². The third-order valence-electron chi connectivity index (χ3n) is 5.44. The molecule has 1 atom stereocenters. The van der Waals surface area contributed by atoms with Crippen molar-refractivity contribution in [1.29, 1.82) is 0 Å². The number of anilines is 2. The molecule has 0 aromatic heterocycles. The summed E-state index contributed by atoms with van der Waals surface area (Å²) in [5, 5.41) is 0. The van der Waals surface area contributed by atoms with Crippen LogP contribution in [-0.2, 0) is 6.42 Å². The SMILES string of the molecule is Cc1cc(C)c(-c2c(N3c4ccccc4CC3C)c(=O)c2=O)cc1C. The number of benzene rings is 2. The van der Waals surface area contributed by atoms with Crippen molar-refractivity contribution >= 4 is 11.4 Å². The molecule has 0 saturated carbocycles. The number of hydrogen-bond donors (Lipinski definition) is 0. The Balaban J connectivity index is 1.93. The van der Waals surface area contributed by atoms with Crippen LogP contribution in [0.4, 0.5) is 11.4 Å². The summed E-state index contributed by atoms with van der Waals surface area (Å²) in [6.45, 7) is 8.21. The summed E-state index contributed by atoms with van der Waals surface area (Å²) >= 11 is 0. The minimum absolute atomic E-state index is 0.173. The summed E-state index contributed by atoms with van der Waals surface area (Å²) in [6.07, 6.45) is 0.889. The van der Waals surface area contributed by atoms with Crippen molar-refractivity contribution in [2.45, 2.75) is 40.2 Å². The second-order valence-corrected chi connectivity index (χ2v) is 7.19. The van der Waals surface area contributed by atoms with Gasteiger partial charge in [0.2, 0.25) is 5.43 Å². The molecule has 0 fully saturated rings. The van der Waals surface area contributed by atoms with Crippen molar-refractivity contribution in [3.63, 3.8) is 0 Å². The van der Waals surface area contributed by atoms with Crippen molar-refractivity contribution in [1.82, 2.24) is 0 Å². The molecular weight excluding hydrogens is 310 g/mol. The number of aryl methyl sites for hydroxylation is 3. The molecule has 4 rings (SSSR count). The first-order valence-electron chi connectivity index (χ1n) is 8.68. The zero-order valence-corrected chi connectivity index (χ0v) is 15.0. The van der Waals surface area contributed by atoms with E-state index in [1.165, 1.54) is 11.1 Å². The predicted octanol–water partition coefficient (Wildman–Crippen LogP) is 3.96. The summed E-state index contributed by atoms with van der Waals surface area (Å²) in [5.41, 5.74) is 6.94. The van der Waals surface area contributed by atoms with Gasteiger partial charge in [0.05, 0.1) is 5.56 Å². The van der Waals surface area contributed by atoms with Crippen molar-refractivity contribution in [3.05, 3.63) is 79.1 Å². The standard InChI is InChI=1S/C22H21NO2/c1-12-9-14(3)17(10-13(12)2)19-20(22(25)21(19)24)23-15(4)11-16-7-5-6-8-18(16)23/h5-10,15H,11H2,1-4H3. The van der Waals surface area contributed by atoms with Crippen LogP contribution in [0.15, 0.2) is 46.0 Å². The lowest BCUT2D eigenvalue weighted by Gasteiger charge is -2.28. The van der Waals surface area contributed by atoms with Gasteiger partial charge in [-0.15, -0.1) is 0 Å². The molecule has 1 heterocycles. The van der Waals surface area contributed by atoms with E-state index in [1.807, 2.05) is 38.1 Å². The quantitative estimate of drug-likeness (QED) is 0.667. The van der Waals surface area contributed by atoms with Gasteiger partial charge in [0.25, 0.3) is 5.43 Å². The van der Waals surface area contributed by atoms with Gasteiger partial charge in [-0.25, -0.2) is 0 Å². The lowest BCUT2D eigenvalue weighted by molar-refractivity contribution is 0.755. The van der Waals surface area contributed by atoms with E-state index >= 15 is 0 Å². The Bertz CT molecular complexity index is 1070. The molecule has 1 aliphatic rings. The largest absolute Gasteiger partial charge is 0.334 e. The highest BCUT2D eigenvalue weighted by Crippen LogP contribution is 2.41. The monoisotopic (exact) mass is 331 g/mol. The third-order valence-corrected chi connectivity index (χ3v) is 5.44. The van der Waals surface area contributed by atoms with Gasteiger partial charge in [0.15, 0.2) is 0 Å². The highest BCUT2D eigenvalue weighted by molar-refractivity contribution is 5.89. The van der Waals surface area contributed by atoms with E-state index in [4.69, 9.17) is 0 Å². The summed E-state index contributed by atoms with van der Waals surface area (Å²) in [5.74, 6) is 0. The highest BCUT2D eigenvalue weighted by atomic mass is 16.2.